The molecule has 3 heterocycles. The second-order valence-electron chi connectivity index (χ2n) is 7.12. The highest BCUT2D eigenvalue weighted by molar-refractivity contribution is 5.97. The first-order chi connectivity index (χ1) is 12.1. The minimum atomic E-state index is -0.388. The Labute approximate surface area is 146 Å². The van der Waals surface area contributed by atoms with E-state index in [2.05, 4.69) is 10.2 Å². The fourth-order valence-electron chi connectivity index (χ4n) is 4.26. The van der Waals surface area contributed by atoms with Gasteiger partial charge in [-0.3, -0.25) is 14.9 Å². The Bertz CT molecular complexity index is 828. The van der Waals surface area contributed by atoms with Gasteiger partial charge in [-0.1, -0.05) is 18.2 Å². The van der Waals surface area contributed by atoms with E-state index in [1.165, 1.54) is 18.9 Å². The van der Waals surface area contributed by atoms with Crippen LogP contribution in [0.5, 0.6) is 0 Å². The van der Waals surface area contributed by atoms with Gasteiger partial charge in [0.15, 0.2) is 0 Å². The van der Waals surface area contributed by atoms with Crippen LogP contribution in [0, 0.1) is 22.0 Å². The maximum Gasteiger partial charge on any atom is 0.277 e. The SMILES string of the molecule is O=C(CC1CN2CCC1CC2)Nc1ccc2cccc([N+](=O)[O-])c2c1. The number of piperidine rings is 3. The number of non-ortho nitro benzene ring substituents is 1. The molecule has 3 fully saturated rings. The van der Waals surface area contributed by atoms with E-state index >= 15 is 0 Å². The van der Waals surface area contributed by atoms with Crippen LogP contribution in [0.3, 0.4) is 0 Å². The molecule has 3 saturated heterocycles. The number of nitro benzene ring substituents is 1. The van der Waals surface area contributed by atoms with Gasteiger partial charge in [-0.2, -0.15) is 0 Å². The molecule has 1 N–H and O–H groups in total. The molecule has 130 valence electrons. The summed E-state index contributed by atoms with van der Waals surface area (Å²) in [6.07, 6.45) is 2.91. The smallest absolute Gasteiger partial charge is 0.277 e. The summed E-state index contributed by atoms with van der Waals surface area (Å²) >= 11 is 0. The highest BCUT2D eigenvalue weighted by Crippen LogP contribution is 2.34. The van der Waals surface area contributed by atoms with Crippen LogP contribution in [0.1, 0.15) is 19.3 Å². The van der Waals surface area contributed by atoms with Crippen molar-refractivity contribution >= 4 is 28.1 Å². The molecule has 1 atom stereocenters. The van der Waals surface area contributed by atoms with Crippen molar-refractivity contribution in [1.29, 1.82) is 0 Å². The lowest BCUT2D eigenvalue weighted by molar-refractivity contribution is -0.383. The van der Waals surface area contributed by atoms with Gasteiger partial charge in [0.25, 0.3) is 5.69 Å². The summed E-state index contributed by atoms with van der Waals surface area (Å²) in [7, 11) is 0. The summed E-state index contributed by atoms with van der Waals surface area (Å²) in [6.45, 7) is 3.34. The molecule has 2 aromatic carbocycles. The fraction of sp³-hybridized carbons (Fsp3) is 0.421. The van der Waals surface area contributed by atoms with Crippen LogP contribution in [0.2, 0.25) is 0 Å². The van der Waals surface area contributed by atoms with E-state index in [4.69, 9.17) is 0 Å². The summed E-state index contributed by atoms with van der Waals surface area (Å²) in [5, 5.41) is 15.5. The van der Waals surface area contributed by atoms with Crippen molar-refractivity contribution in [2.75, 3.05) is 25.0 Å². The molecule has 0 aromatic heterocycles. The molecule has 2 aromatic rings. The van der Waals surface area contributed by atoms with Gasteiger partial charge < -0.3 is 10.2 Å². The van der Waals surface area contributed by atoms with Crippen molar-refractivity contribution < 1.29 is 9.72 Å². The van der Waals surface area contributed by atoms with Crippen LogP contribution in [0.25, 0.3) is 10.8 Å². The number of anilines is 1. The number of amides is 1. The molecule has 0 saturated carbocycles. The van der Waals surface area contributed by atoms with Crippen molar-refractivity contribution in [2.45, 2.75) is 19.3 Å². The normalized spacial score (nSPS) is 25.0. The second kappa shape index (κ2) is 6.44. The lowest BCUT2D eigenvalue weighted by Crippen LogP contribution is -2.48. The van der Waals surface area contributed by atoms with E-state index in [1.807, 2.05) is 12.1 Å². The zero-order chi connectivity index (χ0) is 17.4. The highest BCUT2D eigenvalue weighted by atomic mass is 16.6. The summed E-state index contributed by atoms with van der Waals surface area (Å²) < 4.78 is 0. The first-order valence-corrected chi connectivity index (χ1v) is 8.79. The highest BCUT2D eigenvalue weighted by Gasteiger charge is 2.35. The van der Waals surface area contributed by atoms with Crippen molar-refractivity contribution in [3.8, 4) is 0 Å². The lowest BCUT2D eigenvalue weighted by Gasteiger charge is -2.44. The summed E-state index contributed by atoms with van der Waals surface area (Å²) in [5.41, 5.74) is 0.680. The molecule has 0 radical (unpaired) electrons. The zero-order valence-electron chi connectivity index (χ0n) is 14.0. The molecule has 3 aliphatic heterocycles. The standard InChI is InChI=1S/C19H21N3O3/c23-19(10-15-12-21-8-6-13(15)7-9-21)20-16-5-4-14-2-1-3-18(22(24)25)17(14)11-16/h1-5,11,13,15H,6-10,12H2,(H,20,23). The number of hydrogen-bond acceptors (Lipinski definition) is 4. The van der Waals surface area contributed by atoms with E-state index in [0.717, 1.165) is 25.0 Å². The number of nitro groups is 1. The third-order valence-electron chi connectivity index (χ3n) is 5.58. The van der Waals surface area contributed by atoms with Crippen LogP contribution in [0.4, 0.5) is 11.4 Å². The fourth-order valence-corrected chi connectivity index (χ4v) is 4.26. The van der Waals surface area contributed by atoms with Crippen molar-refractivity contribution in [3.05, 3.63) is 46.5 Å². The Hall–Kier alpha value is -2.47. The van der Waals surface area contributed by atoms with E-state index in [1.54, 1.807) is 18.2 Å². The van der Waals surface area contributed by atoms with Crippen LogP contribution in [-0.4, -0.2) is 35.4 Å². The van der Waals surface area contributed by atoms with Gasteiger partial charge >= 0.3 is 0 Å². The van der Waals surface area contributed by atoms with Crippen molar-refractivity contribution in [2.24, 2.45) is 11.8 Å². The number of rotatable bonds is 4. The Balaban J connectivity index is 1.49. The molecule has 0 aliphatic carbocycles. The minimum absolute atomic E-state index is 0.00307. The van der Waals surface area contributed by atoms with Gasteiger partial charge in [0.2, 0.25) is 5.91 Å². The van der Waals surface area contributed by atoms with Gasteiger partial charge in [0.1, 0.15) is 0 Å². The van der Waals surface area contributed by atoms with E-state index in [-0.39, 0.29) is 16.5 Å². The molecule has 1 unspecified atom stereocenters. The maximum absolute atomic E-state index is 12.4. The van der Waals surface area contributed by atoms with Gasteiger partial charge in [-0.15, -0.1) is 0 Å². The molecule has 2 bridgehead atoms. The monoisotopic (exact) mass is 339 g/mol. The average molecular weight is 339 g/mol. The van der Waals surface area contributed by atoms with E-state index < -0.39 is 0 Å². The summed E-state index contributed by atoms with van der Waals surface area (Å²) in [5.74, 6) is 1.09. The number of carbonyl (C=O) groups is 1. The van der Waals surface area contributed by atoms with Gasteiger partial charge in [-0.25, -0.2) is 0 Å². The lowest BCUT2D eigenvalue weighted by atomic mass is 9.77. The van der Waals surface area contributed by atoms with Gasteiger partial charge in [0, 0.05) is 24.7 Å². The Morgan fingerprint density at radius 3 is 2.72 bits per heavy atom. The Morgan fingerprint density at radius 1 is 1.24 bits per heavy atom. The molecular formula is C19H21N3O3. The van der Waals surface area contributed by atoms with Crippen LogP contribution in [-0.2, 0) is 4.79 Å². The van der Waals surface area contributed by atoms with E-state index in [0.29, 0.717) is 29.3 Å². The van der Waals surface area contributed by atoms with Crippen molar-refractivity contribution in [3.63, 3.8) is 0 Å². The number of nitrogens with one attached hydrogen (secondary N) is 1. The topological polar surface area (TPSA) is 75.5 Å². The first-order valence-electron chi connectivity index (χ1n) is 8.79. The predicted molar refractivity (Wildman–Crippen MR) is 96.5 cm³/mol. The summed E-state index contributed by atoms with van der Waals surface area (Å²) in [6, 6.07) is 10.3. The molecule has 3 aliphatic rings. The first kappa shape index (κ1) is 16.0. The molecule has 5 rings (SSSR count). The molecule has 6 heteroatoms. The van der Waals surface area contributed by atoms with E-state index in [9.17, 15) is 14.9 Å². The molecule has 6 nitrogen and oxygen atoms in total. The van der Waals surface area contributed by atoms with Crippen LogP contribution < -0.4 is 5.32 Å². The molecular weight excluding hydrogens is 318 g/mol. The molecule has 0 spiro atoms. The number of benzene rings is 2. The zero-order valence-corrected chi connectivity index (χ0v) is 14.0. The predicted octanol–water partition coefficient (Wildman–Crippen LogP) is 3.42. The minimum Gasteiger partial charge on any atom is -0.326 e. The average Bonchev–Trinajstić information content (AvgIpc) is 2.62. The number of carbonyl (C=O) groups excluding carboxylic acids is 1. The number of nitrogens with zero attached hydrogens (tertiary/aromatic N) is 2. The quantitative estimate of drug-likeness (QED) is 0.684. The molecule has 1 amide bonds. The summed E-state index contributed by atoms with van der Waals surface area (Å²) in [4.78, 5) is 25.7. The van der Waals surface area contributed by atoms with Crippen molar-refractivity contribution in [1.82, 2.24) is 4.90 Å². The van der Waals surface area contributed by atoms with Gasteiger partial charge in [-0.05, 0) is 55.3 Å². The Kier molecular flexibility index (Phi) is 4.13. The largest absolute Gasteiger partial charge is 0.326 e. The Morgan fingerprint density at radius 2 is 2.04 bits per heavy atom. The number of hydrogen-bond donors (Lipinski definition) is 1. The van der Waals surface area contributed by atoms with Gasteiger partial charge in [0.05, 0.1) is 10.3 Å². The van der Waals surface area contributed by atoms with Crippen LogP contribution >= 0.6 is 0 Å². The molecule has 25 heavy (non-hydrogen) atoms. The third-order valence-corrected chi connectivity index (χ3v) is 5.58. The second-order valence-corrected chi connectivity index (χ2v) is 7.12. The third kappa shape index (κ3) is 3.22. The van der Waals surface area contributed by atoms with Crippen LogP contribution in [0.15, 0.2) is 36.4 Å². The maximum atomic E-state index is 12.4. The number of fused-ring (bicyclic) bond motifs is 4.